The SMILES string of the molecule is COc1cnc(NC(=O)Nc2ccc(Cl)c(Cl)c2)nc1NCC1CCN(C)C1. The molecular weight excluding hydrogens is 403 g/mol. The van der Waals surface area contributed by atoms with Gasteiger partial charge in [0.05, 0.1) is 23.4 Å². The first-order valence-corrected chi connectivity index (χ1v) is 9.56. The molecule has 0 radical (unpaired) electrons. The molecule has 1 aliphatic rings. The molecule has 8 nitrogen and oxygen atoms in total. The first kappa shape index (κ1) is 20.4. The molecule has 150 valence electrons. The number of carbonyl (C=O) groups is 1. The van der Waals surface area contributed by atoms with Crippen LogP contribution in [-0.2, 0) is 0 Å². The number of likely N-dealkylation sites (tertiary alicyclic amines) is 1. The maximum Gasteiger partial charge on any atom is 0.326 e. The van der Waals surface area contributed by atoms with Gasteiger partial charge in [-0.05, 0) is 44.1 Å². The minimum Gasteiger partial charge on any atom is -0.491 e. The average Bonchev–Trinajstić information content (AvgIpc) is 3.08. The Balaban J connectivity index is 1.62. The second-order valence-electron chi connectivity index (χ2n) is 6.62. The topological polar surface area (TPSA) is 91.4 Å². The summed E-state index contributed by atoms with van der Waals surface area (Å²) in [6.45, 7) is 2.90. The number of nitrogens with zero attached hydrogens (tertiary/aromatic N) is 3. The summed E-state index contributed by atoms with van der Waals surface area (Å²) < 4.78 is 5.31. The maximum atomic E-state index is 12.2. The van der Waals surface area contributed by atoms with E-state index in [1.165, 1.54) is 6.20 Å². The summed E-state index contributed by atoms with van der Waals surface area (Å²) >= 11 is 11.8. The van der Waals surface area contributed by atoms with Gasteiger partial charge >= 0.3 is 6.03 Å². The molecule has 2 aromatic rings. The van der Waals surface area contributed by atoms with Crippen molar-refractivity contribution in [3.63, 3.8) is 0 Å². The summed E-state index contributed by atoms with van der Waals surface area (Å²) in [5, 5.41) is 9.32. The van der Waals surface area contributed by atoms with Crippen LogP contribution in [0.25, 0.3) is 0 Å². The lowest BCUT2D eigenvalue weighted by molar-refractivity contribution is 0.262. The Hall–Kier alpha value is -2.29. The normalized spacial score (nSPS) is 16.6. The first-order chi connectivity index (χ1) is 13.4. The highest BCUT2D eigenvalue weighted by Crippen LogP contribution is 2.26. The number of rotatable bonds is 6. The average molecular weight is 425 g/mol. The number of benzene rings is 1. The Morgan fingerprint density at radius 2 is 2.14 bits per heavy atom. The minimum absolute atomic E-state index is 0.157. The Bertz CT molecular complexity index is 851. The summed E-state index contributed by atoms with van der Waals surface area (Å²) in [6, 6.07) is 4.32. The van der Waals surface area contributed by atoms with Crippen LogP contribution >= 0.6 is 23.2 Å². The van der Waals surface area contributed by atoms with E-state index in [-0.39, 0.29) is 5.95 Å². The number of methoxy groups -OCH3 is 1. The van der Waals surface area contributed by atoms with Gasteiger partial charge in [0.15, 0.2) is 11.6 Å². The van der Waals surface area contributed by atoms with Crippen LogP contribution in [0, 0.1) is 5.92 Å². The molecule has 2 heterocycles. The molecule has 1 aromatic carbocycles. The molecule has 10 heteroatoms. The molecule has 1 aliphatic heterocycles. The molecular formula is C18H22Cl2N6O2. The van der Waals surface area contributed by atoms with Crippen LogP contribution in [0.3, 0.4) is 0 Å². The molecule has 0 aliphatic carbocycles. The number of amides is 2. The van der Waals surface area contributed by atoms with Crippen LogP contribution in [0.1, 0.15) is 6.42 Å². The van der Waals surface area contributed by atoms with Crippen LogP contribution < -0.4 is 20.7 Å². The molecule has 28 heavy (non-hydrogen) atoms. The quantitative estimate of drug-likeness (QED) is 0.652. The zero-order chi connectivity index (χ0) is 20.1. The van der Waals surface area contributed by atoms with Crippen LogP contribution in [0.4, 0.5) is 22.2 Å². The molecule has 1 saturated heterocycles. The molecule has 0 bridgehead atoms. The van der Waals surface area contributed by atoms with E-state index >= 15 is 0 Å². The highest BCUT2D eigenvalue weighted by molar-refractivity contribution is 6.42. The van der Waals surface area contributed by atoms with E-state index in [1.807, 2.05) is 0 Å². The third-order valence-corrected chi connectivity index (χ3v) is 5.16. The van der Waals surface area contributed by atoms with E-state index in [9.17, 15) is 4.79 Å². The Morgan fingerprint density at radius 3 is 2.82 bits per heavy atom. The van der Waals surface area contributed by atoms with E-state index < -0.39 is 6.03 Å². The fraction of sp³-hybridized carbons (Fsp3) is 0.389. The van der Waals surface area contributed by atoms with E-state index in [2.05, 4.69) is 37.9 Å². The van der Waals surface area contributed by atoms with Crippen molar-refractivity contribution < 1.29 is 9.53 Å². The van der Waals surface area contributed by atoms with Crippen molar-refractivity contribution in [1.29, 1.82) is 0 Å². The van der Waals surface area contributed by atoms with Crippen LogP contribution in [-0.4, -0.2) is 54.7 Å². The van der Waals surface area contributed by atoms with Gasteiger partial charge in [-0.25, -0.2) is 9.78 Å². The van der Waals surface area contributed by atoms with Crippen molar-refractivity contribution in [2.24, 2.45) is 5.92 Å². The number of halogens is 2. The second kappa shape index (κ2) is 9.27. The fourth-order valence-corrected chi connectivity index (χ4v) is 3.28. The van der Waals surface area contributed by atoms with Gasteiger partial charge in [0.1, 0.15) is 0 Å². The molecule has 1 unspecified atom stereocenters. The molecule has 0 spiro atoms. The van der Waals surface area contributed by atoms with Crippen molar-refractivity contribution in [3.05, 3.63) is 34.4 Å². The number of ether oxygens (including phenoxy) is 1. The van der Waals surface area contributed by atoms with Gasteiger partial charge in [0, 0.05) is 18.8 Å². The van der Waals surface area contributed by atoms with Gasteiger partial charge in [-0.15, -0.1) is 0 Å². The van der Waals surface area contributed by atoms with Gasteiger partial charge < -0.3 is 20.3 Å². The van der Waals surface area contributed by atoms with Gasteiger partial charge in [0.2, 0.25) is 5.95 Å². The lowest BCUT2D eigenvalue weighted by atomic mass is 10.1. The molecule has 3 rings (SSSR count). The number of carbonyl (C=O) groups excluding carboxylic acids is 1. The molecule has 1 fully saturated rings. The molecule has 0 saturated carbocycles. The number of aromatic nitrogens is 2. The predicted molar refractivity (Wildman–Crippen MR) is 112 cm³/mol. The molecule has 1 aromatic heterocycles. The lowest BCUT2D eigenvalue weighted by Crippen LogP contribution is -2.22. The van der Waals surface area contributed by atoms with Crippen LogP contribution in [0.15, 0.2) is 24.4 Å². The first-order valence-electron chi connectivity index (χ1n) is 8.81. The van der Waals surface area contributed by atoms with Crippen molar-refractivity contribution in [1.82, 2.24) is 14.9 Å². The Kier molecular flexibility index (Phi) is 6.77. The standard InChI is InChI=1S/C18H22Cl2N6O2/c1-26-6-5-11(10-26)8-21-16-15(28-2)9-22-17(24-16)25-18(27)23-12-3-4-13(19)14(20)7-12/h3-4,7,9,11H,5-6,8,10H2,1-2H3,(H3,21,22,23,24,25,27). The highest BCUT2D eigenvalue weighted by Gasteiger charge is 2.20. The lowest BCUT2D eigenvalue weighted by Gasteiger charge is -2.15. The predicted octanol–water partition coefficient (Wildman–Crippen LogP) is 3.80. The largest absolute Gasteiger partial charge is 0.491 e. The zero-order valence-corrected chi connectivity index (χ0v) is 17.1. The van der Waals surface area contributed by atoms with E-state index in [1.54, 1.807) is 25.3 Å². The van der Waals surface area contributed by atoms with E-state index in [4.69, 9.17) is 27.9 Å². The third kappa shape index (κ3) is 5.37. The summed E-state index contributed by atoms with van der Waals surface area (Å²) in [7, 11) is 3.66. The molecule has 3 N–H and O–H groups in total. The highest BCUT2D eigenvalue weighted by atomic mass is 35.5. The smallest absolute Gasteiger partial charge is 0.326 e. The molecule has 2 amide bonds. The maximum absolute atomic E-state index is 12.2. The number of anilines is 3. The summed E-state index contributed by atoms with van der Waals surface area (Å²) in [5.41, 5.74) is 0.504. The fourth-order valence-electron chi connectivity index (χ4n) is 2.98. The van der Waals surface area contributed by atoms with E-state index in [0.29, 0.717) is 33.2 Å². The van der Waals surface area contributed by atoms with Gasteiger partial charge in [-0.1, -0.05) is 23.2 Å². The van der Waals surface area contributed by atoms with Gasteiger partial charge in [-0.2, -0.15) is 4.98 Å². The van der Waals surface area contributed by atoms with Gasteiger partial charge in [-0.3, -0.25) is 5.32 Å². The van der Waals surface area contributed by atoms with Crippen molar-refractivity contribution in [2.45, 2.75) is 6.42 Å². The number of nitrogens with one attached hydrogen (secondary N) is 3. The summed E-state index contributed by atoms with van der Waals surface area (Å²) in [5.74, 6) is 1.75. The van der Waals surface area contributed by atoms with Crippen LogP contribution in [0.2, 0.25) is 10.0 Å². The van der Waals surface area contributed by atoms with E-state index in [0.717, 1.165) is 26.1 Å². The zero-order valence-electron chi connectivity index (χ0n) is 15.6. The van der Waals surface area contributed by atoms with Gasteiger partial charge in [0.25, 0.3) is 0 Å². The van der Waals surface area contributed by atoms with Crippen molar-refractivity contribution >= 4 is 46.7 Å². The number of urea groups is 1. The Labute approximate surface area is 173 Å². The number of hydrogen-bond acceptors (Lipinski definition) is 6. The van der Waals surface area contributed by atoms with Crippen LogP contribution in [0.5, 0.6) is 5.75 Å². The van der Waals surface area contributed by atoms with Crippen molar-refractivity contribution in [2.75, 3.05) is 49.7 Å². The minimum atomic E-state index is -0.494. The summed E-state index contributed by atoms with van der Waals surface area (Å²) in [6.07, 6.45) is 2.65. The third-order valence-electron chi connectivity index (χ3n) is 4.43. The monoisotopic (exact) mass is 424 g/mol. The molecule has 1 atom stereocenters. The Morgan fingerprint density at radius 1 is 1.32 bits per heavy atom. The van der Waals surface area contributed by atoms with Crippen molar-refractivity contribution in [3.8, 4) is 5.75 Å². The second-order valence-corrected chi connectivity index (χ2v) is 7.43. The number of hydrogen-bond donors (Lipinski definition) is 3. The summed E-state index contributed by atoms with van der Waals surface area (Å²) in [4.78, 5) is 23.0.